The molecular formula is C13H15BrClNO4S. The molecule has 0 aliphatic carbocycles. The first-order chi connectivity index (χ1) is 9.68. The van der Waals surface area contributed by atoms with Crippen molar-refractivity contribution < 1.29 is 17.9 Å². The van der Waals surface area contributed by atoms with Crippen LogP contribution in [0.4, 0.5) is 5.69 Å². The number of aryl methyl sites for hydroxylation is 1. The molecule has 1 amide bonds. The zero-order valence-electron chi connectivity index (χ0n) is 11.5. The maximum absolute atomic E-state index is 12.1. The van der Waals surface area contributed by atoms with Crippen LogP contribution in [0, 0.1) is 6.92 Å². The monoisotopic (exact) mass is 395 g/mol. The van der Waals surface area contributed by atoms with Crippen molar-refractivity contribution in [2.45, 2.75) is 43.8 Å². The Morgan fingerprint density at radius 1 is 1.43 bits per heavy atom. The van der Waals surface area contributed by atoms with E-state index in [0.717, 1.165) is 6.42 Å². The first-order valence-corrected chi connectivity index (χ1v) is 9.50. The second-order valence-corrected chi connectivity index (χ2v) is 8.43. The van der Waals surface area contributed by atoms with Gasteiger partial charge in [-0.15, -0.1) is 0 Å². The minimum absolute atomic E-state index is 0.0137. The fourth-order valence-electron chi connectivity index (χ4n) is 2.23. The summed E-state index contributed by atoms with van der Waals surface area (Å²) in [6, 6.07) is 2.95. The van der Waals surface area contributed by atoms with E-state index in [1.165, 1.54) is 6.07 Å². The number of carbonyl (C=O) groups is 1. The Morgan fingerprint density at radius 2 is 2.10 bits per heavy atom. The van der Waals surface area contributed by atoms with E-state index >= 15 is 0 Å². The number of rotatable bonds is 3. The van der Waals surface area contributed by atoms with Gasteiger partial charge in [0.15, 0.2) is 0 Å². The zero-order valence-corrected chi connectivity index (χ0v) is 14.7. The summed E-state index contributed by atoms with van der Waals surface area (Å²) in [5.41, 5.74) is 0.953. The van der Waals surface area contributed by atoms with Crippen molar-refractivity contribution in [1.82, 2.24) is 0 Å². The normalized spacial score (nSPS) is 22.3. The highest BCUT2D eigenvalue weighted by atomic mass is 79.9. The molecule has 1 aliphatic heterocycles. The van der Waals surface area contributed by atoms with E-state index in [0.29, 0.717) is 22.1 Å². The lowest BCUT2D eigenvalue weighted by Gasteiger charge is -2.14. The number of anilines is 1. The Morgan fingerprint density at radius 3 is 2.62 bits per heavy atom. The lowest BCUT2D eigenvalue weighted by Crippen LogP contribution is -2.27. The highest BCUT2D eigenvalue weighted by molar-refractivity contribution is 9.10. The van der Waals surface area contributed by atoms with Crippen LogP contribution in [-0.2, 0) is 18.6 Å². The fraction of sp³-hybridized carbons (Fsp3) is 0.462. The molecule has 0 radical (unpaired) electrons. The highest BCUT2D eigenvalue weighted by Crippen LogP contribution is 2.31. The van der Waals surface area contributed by atoms with Crippen LogP contribution in [0.2, 0.25) is 0 Å². The van der Waals surface area contributed by atoms with Gasteiger partial charge in [0.2, 0.25) is 0 Å². The van der Waals surface area contributed by atoms with Gasteiger partial charge in [-0.05, 0) is 60.3 Å². The van der Waals surface area contributed by atoms with Gasteiger partial charge in [-0.1, -0.05) is 0 Å². The van der Waals surface area contributed by atoms with Crippen LogP contribution in [0.1, 0.15) is 25.3 Å². The van der Waals surface area contributed by atoms with Gasteiger partial charge in [0.1, 0.15) is 6.10 Å². The third-order valence-electron chi connectivity index (χ3n) is 3.31. The topological polar surface area (TPSA) is 72.5 Å². The molecule has 0 spiro atoms. The van der Waals surface area contributed by atoms with E-state index in [1.807, 2.05) is 6.92 Å². The van der Waals surface area contributed by atoms with Crippen molar-refractivity contribution in [3.05, 3.63) is 22.2 Å². The standard InChI is InChI=1S/C13H15BrClNO4S/c1-7-5-10(9(14)6-12(7)21(15,18)19)16-13(17)11-4-3-8(2)20-11/h5-6,8,11H,3-4H2,1-2H3,(H,16,17). The second-order valence-electron chi connectivity index (χ2n) is 5.04. The summed E-state index contributed by atoms with van der Waals surface area (Å²) >= 11 is 3.24. The van der Waals surface area contributed by atoms with Crippen molar-refractivity contribution in [2.75, 3.05) is 5.32 Å². The van der Waals surface area contributed by atoms with Crippen molar-refractivity contribution >= 4 is 47.3 Å². The molecule has 0 bridgehead atoms. The zero-order chi connectivity index (χ0) is 15.8. The lowest BCUT2D eigenvalue weighted by molar-refractivity contribution is -0.126. The summed E-state index contributed by atoms with van der Waals surface area (Å²) in [5, 5.41) is 2.74. The number of amides is 1. The molecule has 2 unspecified atom stereocenters. The van der Waals surface area contributed by atoms with Gasteiger partial charge in [0.25, 0.3) is 15.0 Å². The number of halogens is 2. The van der Waals surface area contributed by atoms with Crippen molar-refractivity contribution in [3.8, 4) is 0 Å². The number of nitrogens with one attached hydrogen (secondary N) is 1. The molecule has 0 saturated carbocycles. The molecular weight excluding hydrogens is 382 g/mol. The minimum atomic E-state index is -3.82. The predicted octanol–water partition coefficient (Wildman–Crippen LogP) is 3.19. The van der Waals surface area contributed by atoms with Crippen LogP contribution in [0.3, 0.4) is 0 Å². The van der Waals surface area contributed by atoms with Gasteiger partial charge >= 0.3 is 0 Å². The van der Waals surface area contributed by atoms with Crippen molar-refractivity contribution in [1.29, 1.82) is 0 Å². The van der Waals surface area contributed by atoms with Crippen LogP contribution in [0.25, 0.3) is 0 Å². The predicted molar refractivity (Wildman–Crippen MR) is 84.1 cm³/mol. The van der Waals surface area contributed by atoms with Crippen LogP contribution in [0.15, 0.2) is 21.5 Å². The van der Waals surface area contributed by atoms with Crippen molar-refractivity contribution in [3.63, 3.8) is 0 Å². The molecule has 1 aromatic carbocycles. The quantitative estimate of drug-likeness (QED) is 0.796. The summed E-state index contributed by atoms with van der Waals surface area (Å²) in [7, 11) is 1.54. The second kappa shape index (κ2) is 6.24. The molecule has 1 aromatic rings. The third kappa shape index (κ3) is 3.97. The van der Waals surface area contributed by atoms with E-state index in [9.17, 15) is 13.2 Å². The number of hydrogen-bond donors (Lipinski definition) is 1. The molecule has 8 heteroatoms. The summed E-state index contributed by atoms with van der Waals surface area (Å²) in [6.07, 6.45) is 1.14. The van der Waals surface area contributed by atoms with Gasteiger partial charge in [0.05, 0.1) is 16.7 Å². The lowest BCUT2D eigenvalue weighted by atomic mass is 10.2. The average molecular weight is 397 g/mol. The Balaban J connectivity index is 2.22. The smallest absolute Gasteiger partial charge is 0.261 e. The number of ether oxygens (including phenoxy) is 1. The molecule has 0 aromatic heterocycles. The highest BCUT2D eigenvalue weighted by Gasteiger charge is 2.28. The number of benzene rings is 1. The summed E-state index contributed by atoms with van der Waals surface area (Å²) in [5.74, 6) is -0.235. The molecule has 1 heterocycles. The van der Waals surface area contributed by atoms with E-state index < -0.39 is 15.2 Å². The van der Waals surface area contributed by atoms with E-state index in [4.69, 9.17) is 15.4 Å². The van der Waals surface area contributed by atoms with Crippen LogP contribution in [0.5, 0.6) is 0 Å². The third-order valence-corrected chi connectivity index (χ3v) is 5.43. The van der Waals surface area contributed by atoms with Crippen LogP contribution < -0.4 is 5.32 Å². The Bertz CT molecular complexity index is 677. The maximum atomic E-state index is 12.1. The summed E-state index contributed by atoms with van der Waals surface area (Å²) in [4.78, 5) is 12.1. The largest absolute Gasteiger partial charge is 0.365 e. The van der Waals surface area contributed by atoms with Crippen LogP contribution >= 0.6 is 26.6 Å². The molecule has 116 valence electrons. The van der Waals surface area contributed by atoms with Gasteiger partial charge in [-0.25, -0.2) is 8.42 Å². The SMILES string of the molecule is Cc1cc(NC(=O)C2CCC(C)O2)c(Br)cc1S(=O)(=O)Cl. The van der Waals surface area contributed by atoms with Crippen LogP contribution in [-0.4, -0.2) is 26.5 Å². The first-order valence-electron chi connectivity index (χ1n) is 6.39. The van der Waals surface area contributed by atoms with Crippen molar-refractivity contribution in [2.24, 2.45) is 0 Å². The van der Waals surface area contributed by atoms with Gasteiger partial charge < -0.3 is 10.1 Å². The number of carbonyl (C=O) groups excluding carboxylic acids is 1. The van der Waals surface area contributed by atoms with E-state index in [-0.39, 0.29) is 16.9 Å². The Labute approximate surface area is 136 Å². The molecule has 1 fully saturated rings. The molecule has 1 saturated heterocycles. The molecule has 5 nitrogen and oxygen atoms in total. The van der Waals surface area contributed by atoms with Gasteiger partial charge in [-0.3, -0.25) is 4.79 Å². The molecule has 21 heavy (non-hydrogen) atoms. The molecule has 2 atom stereocenters. The van der Waals surface area contributed by atoms with Gasteiger partial charge in [-0.2, -0.15) is 0 Å². The summed E-state index contributed by atoms with van der Waals surface area (Å²) < 4.78 is 28.8. The Kier molecular flexibility index (Phi) is 4.97. The molecule has 2 rings (SSSR count). The average Bonchev–Trinajstić information content (AvgIpc) is 2.78. The minimum Gasteiger partial charge on any atom is -0.365 e. The first kappa shape index (κ1) is 16.7. The van der Waals surface area contributed by atoms with Gasteiger partial charge in [0, 0.05) is 15.2 Å². The maximum Gasteiger partial charge on any atom is 0.261 e. The fourth-order valence-corrected chi connectivity index (χ4v) is 4.03. The Hall–Kier alpha value is -0.630. The van der Waals surface area contributed by atoms with E-state index in [1.54, 1.807) is 13.0 Å². The molecule has 1 N–H and O–H groups in total. The summed E-state index contributed by atoms with van der Waals surface area (Å²) in [6.45, 7) is 3.54. The number of hydrogen-bond acceptors (Lipinski definition) is 4. The van der Waals surface area contributed by atoms with E-state index in [2.05, 4.69) is 21.2 Å². The molecule has 1 aliphatic rings.